The van der Waals surface area contributed by atoms with Crippen LogP contribution in [0.4, 0.5) is 5.69 Å². The average Bonchev–Trinajstić information content (AvgIpc) is 3.07. The van der Waals surface area contributed by atoms with Gasteiger partial charge in [-0.2, -0.15) is 5.10 Å². The first-order valence-corrected chi connectivity index (χ1v) is 12.4. The Balaban J connectivity index is 1.67. The number of aromatic nitrogens is 3. The molecule has 1 aromatic carbocycles. The zero-order chi connectivity index (χ0) is 21.5. The summed E-state index contributed by atoms with van der Waals surface area (Å²) in [6.45, 7) is 1.38. The summed E-state index contributed by atoms with van der Waals surface area (Å²) in [5.41, 5.74) is 2.78. The number of hydrogen-bond donors (Lipinski definition) is 1. The summed E-state index contributed by atoms with van der Waals surface area (Å²) in [6.07, 6.45) is 4.17. The third-order valence-electron chi connectivity index (χ3n) is 5.06. The highest BCUT2D eigenvalue weighted by molar-refractivity contribution is 7.92. The smallest absolute Gasteiger partial charge is 0.229 e. The van der Waals surface area contributed by atoms with Gasteiger partial charge >= 0.3 is 0 Å². The van der Waals surface area contributed by atoms with Gasteiger partial charge in [0.1, 0.15) is 10.3 Å². The Labute approximate surface area is 190 Å². The molecule has 1 aliphatic rings. The van der Waals surface area contributed by atoms with Gasteiger partial charge in [-0.3, -0.25) is 9.62 Å². The van der Waals surface area contributed by atoms with E-state index in [4.69, 9.17) is 34.8 Å². The van der Waals surface area contributed by atoms with E-state index in [9.17, 15) is 8.42 Å². The van der Waals surface area contributed by atoms with Gasteiger partial charge < -0.3 is 0 Å². The Bertz CT molecular complexity index is 1200. The van der Waals surface area contributed by atoms with Gasteiger partial charge in [-0.1, -0.05) is 41.2 Å². The molecular weight excluding hydrogens is 469 g/mol. The third kappa shape index (κ3) is 4.84. The number of anilines is 1. The second-order valence-corrected chi connectivity index (χ2v) is 10.4. The lowest BCUT2D eigenvalue weighted by atomic mass is 9.98. The van der Waals surface area contributed by atoms with Crippen LogP contribution in [-0.4, -0.2) is 40.7 Å². The first-order chi connectivity index (χ1) is 14.2. The standard InChI is InChI=1S/C19H20Cl3N5O2S/c1-30(28,29)25-14-6-5-13(20)8-12(14)11-26-7-3-2-4-16(26)15-9-19-23-17(21)10-18(22)27(19)24-15/h5-6,8-10,16,25H,2-4,7,11H2,1H3. The van der Waals surface area contributed by atoms with Crippen molar-refractivity contribution in [2.45, 2.75) is 31.8 Å². The normalized spacial score (nSPS) is 18.1. The average molecular weight is 489 g/mol. The molecule has 0 saturated carbocycles. The number of piperidine rings is 1. The Morgan fingerprint density at radius 3 is 2.73 bits per heavy atom. The molecule has 7 nitrogen and oxygen atoms in total. The van der Waals surface area contributed by atoms with Gasteiger partial charge in [0.25, 0.3) is 0 Å². The Kier molecular flexibility index (Phi) is 6.14. The Hall–Kier alpha value is -1.58. The van der Waals surface area contributed by atoms with Crippen molar-refractivity contribution in [1.82, 2.24) is 19.5 Å². The number of hydrogen-bond acceptors (Lipinski definition) is 5. The molecule has 2 aromatic heterocycles. The van der Waals surface area contributed by atoms with E-state index >= 15 is 0 Å². The molecule has 1 aliphatic heterocycles. The van der Waals surface area contributed by atoms with Crippen molar-refractivity contribution in [3.63, 3.8) is 0 Å². The van der Waals surface area contributed by atoms with Crippen LogP contribution in [0.15, 0.2) is 30.3 Å². The van der Waals surface area contributed by atoms with Crippen LogP contribution >= 0.6 is 34.8 Å². The minimum absolute atomic E-state index is 0.0420. The van der Waals surface area contributed by atoms with Gasteiger partial charge in [-0.15, -0.1) is 0 Å². The first kappa shape index (κ1) is 21.6. The van der Waals surface area contributed by atoms with E-state index in [1.54, 1.807) is 28.8 Å². The Morgan fingerprint density at radius 2 is 1.97 bits per heavy atom. The summed E-state index contributed by atoms with van der Waals surface area (Å²) in [5.74, 6) is 0. The van der Waals surface area contributed by atoms with Crippen LogP contribution < -0.4 is 4.72 Å². The van der Waals surface area contributed by atoms with E-state index < -0.39 is 10.0 Å². The summed E-state index contributed by atoms with van der Waals surface area (Å²) in [6, 6.07) is 8.65. The van der Waals surface area contributed by atoms with Crippen LogP contribution in [0, 0.1) is 0 Å². The molecule has 160 valence electrons. The SMILES string of the molecule is CS(=O)(=O)Nc1ccc(Cl)cc1CN1CCCCC1c1cc2nc(Cl)cc(Cl)n2n1. The van der Waals surface area contributed by atoms with Crippen LogP contribution in [0.1, 0.15) is 36.6 Å². The maximum Gasteiger partial charge on any atom is 0.229 e. The molecule has 0 spiro atoms. The maximum atomic E-state index is 11.8. The van der Waals surface area contributed by atoms with Crippen molar-refractivity contribution in [2.75, 3.05) is 17.5 Å². The molecule has 0 amide bonds. The second kappa shape index (κ2) is 8.51. The molecule has 3 heterocycles. The highest BCUT2D eigenvalue weighted by atomic mass is 35.5. The molecule has 1 atom stereocenters. The van der Waals surface area contributed by atoms with Crippen molar-refractivity contribution >= 4 is 56.2 Å². The van der Waals surface area contributed by atoms with Gasteiger partial charge in [-0.05, 0) is 43.1 Å². The molecular formula is C19H20Cl3N5O2S. The molecule has 1 unspecified atom stereocenters. The van der Waals surface area contributed by atoms with Gasteiger partial charge in [-0.25, -0.2) is 17.9 Å². The van der Waals surface area contributed by atoms with E-state index in [0.29, 0.717) is 33.2 Å². The van der Waals surface area contributed by atoms with Gasteiger partial charge in [0.05, 0.1) is 23.7 Å². The van der Waals surface area contributed by atoms with Gasteiger partial charge in [0.2, 0.25) is 10.0 Å². The van der Waals surface area contributed by atoms with Crippen molar-refractivity contribution < 1.29 is 8.42 Å². The molecule has 1 N–H and O–H groups in total. The summed E-state index contributed by atoms with van der Waals surface area (Å²) in [5, 5.41) is 5.92. The lowest BCUT2D eigenvalue weighted by Gasteiger charge is -2.35. The number of nitrogens with zero attached hydrogens (tertiary/aromatic N) is 4. The number of likely N-dealkylation sites (tertiary alicyclic amines) is 1. The molecule has 11 heteroatoms. The maximum absolute atomic E-state index is 11.8. The van der Waals surface area contributed by atoms with Crippen LogP contribution in [0.2, 0.25) is 15.3 Å². The minimum atomic E-state index is -3.41. The predicted octanol–water partition coefficient (Wildman–Crippen LogP) is 4.79. The van der Waals surface area contributed by atoms with E-state index in [0.717, 1.165) is 43.3 Å². The third-order valence-corrected chi connectivity index (χ3v) is 6.35. The number of halogens is 3. The van der Waals surface area contributed by atoms with E-state index in [2.05, 4.69) is 19.7 Å². The minimum Gasteiger partial charge on any atom is -0.290 e. The molecule has 4 rings (SSSR count). The lowest BCUT2D eigenvalue weighted by Crippen LogP contribution is -2.33. The second-order valence-electron chi connectivity index (χ2n) is 7.40. The first-order valence-electron chi connectivity index (χ1n) is 9.41. The molecule has 3 aromatic rings. The molecule has 0 aliphatic carbocycles. The van der Waals surface area contributed by atoms with Crippen LogP contribution in [0.3, 0.4) is 0 Å². The number of fused-ring (bicyclic) bond motifs is 1. The van der Waals surface area contributed by atoms with Crippen molar-refractivity contribution in [3.05, 3.63) is 56.9 Å². The molecule has 0 bridgehead atoms. The molecule has 1 saturated heterocycles. The van der Waals surface area contributed by atoms with Crippen molar-refractivity contribution in [1.29, 1.82) is 0 Å². The fourth-order valence-corrected chi connectivity index (χ4v) is 5.08. The number of nitrogens with one attached hydrogen (secondary N) is 1. The summed E-state index contributed by atoms with van der Waals surface area (Å²) in [7, 11) is -3.41. The fraction of sp³-hybridized carbons (Fsp3) is 0.368. The summed E-state index contributed by atoms with van der Waals surface area (Å²) < 4.78 is 27.7. The van der Waals surface area contributed by atoms with Crippen LogP contribution in [0.5, 0.6) is 0 Å². The predicted molar refractivity (Wildman–Crippen MR) is 120 cm³/mol. The fourth-order valence-electron chi connectivity index (χ4n) is 3.82. The van der Waals surface area contributed by atoms with E-state index in [-0.39, 0.29) is 6.04 Å². The zero-order valence-electron chi connectivity index (χ0n) is 16.1. The van der Waals surface area contributed by atoms with Crippen molar-refractivity contribution in [3.8, 4) is 0 Å². The zero-order valence-corrected chi connectivity index (χ0v) is 19.2. The molecule has 30 heavy (non-hydrogen) atoms. The highest BCUT2D eigenvalue weighted by Gasteiger charge is 2.27. The molecule has 1 fully saturated rings. The van der Waals surface area contributed by atoms with Gasteiger partial charge in [0.15, 0.2) is 5.65 Å². The Morgan fingerprint density at radius 1 is 1.17 bits per heavy atom. The van der Waals surface area contributed by atoms with Crippen molar-refractivity contribution in [2.24, 2.45) is 0 Å². The number of rotatable bonds is 5. The van der Waals surface area contributed by atoms with E-state index in [1.807, 2.05) is 6.07 Å². The van der Waals surface area contributed by atoms with Gasteiger partial charge in [0, 0.05) is 23.7 Å². The van der Waals surface area contributed by atoms with Crippen LogP contribution in [0.25, 0.3) is 5.65 Å². The highest BCUT2D eigenvalue weighted by Crippen LogP contribution is 2.34. The number of sulfonamides is 1. The molecule has 0 radical (unpaired) electrons. The van der Waals surface area contributed by atoms with E-state index in [1.165, 1.54) is 0 Å². The van der Waals surface area contributed by atoms with Crippen LogP contribution in [-0.2, 0) is 16.6 Å². The number of benzene rings is 1. The monoisotopic (exact) mass is 487 g/mol. The lowest BCUT2D eigenvalue weighted by molar-refractivity contribution is 0.137. The summed E-state index contributed by atoms with van der Waals surface area (Å²) in [4.78, 5) is 6.57. The largest absolute Gasteiger partial charge is 0.290 e. The summed E-state index contributed by atoms with van der Waals surface area (Å²) >= 11 is 18.5. The quantitative estimate of drug-likeness (QED) is 0.522. The topological polar surface area (TPSA) is 79.6 Å².